The molecule has 0 saturated carbocycles. The molecule has 0 N–H and O–H groups in total. The van der Waals surface area contributed by atoms with Crippen molar-refractivity contribution in [2.45, 2.75) is 39.2 Å². The molecule has 1 atom stereocenters. The number of carbonyl (C=O) groups is 1. The number of aryl methyl sites for hydroxylation is 3. The monoisotopic (exact) mass is 335 g/mol. The van der Waals surface area contributed by atoms with Crippen LogP contribution in [0.2, 0.25) is 0 Å². The Balaban J connectivity index is 1.97. The predicted molar refractivity (Wildman–Crippen MR) is 86.8 cm³/mol. The van der Waals surface area contributed by atoms with E-state index in [1.807, 2.05) is 25.8 Å². The number of rotatable bonds is 4. The molecule has 2 aromatic rings. The van der Waals surface area contributed by atoms with Gasteiger partial charge in [-0.3, -0.25) is 4.79 Å². The Hall–Kier alpha value is -1.96. The van der Waals surface area contributed by atoms with Gasteiger partial charge in [-0.15, -0.1) is 5.10 Å². The van der Waals surface area contributed by atoms with Gasteiger partial charge >= 0.3 is 0 Å². The van der Waals surface area contributed by atoms with E-state index >= 15 is 0 Å². The molecule has 2 aromatic heterocycles. The zero-order chi connectivity index (χ0) is 16.6. The van der Waals surface area contributed by atoms with Gasteiger partial charge in [0.25, 0.3) is 5.91 Å². The minimum Gasteiger partial charge on any atom is -0.481 e. The van der Waals surface area contributed by atoms with E-state index < -0.39 is 0 Å². The first-order chi connectivity index (χ1) is 11.1. The van der Waals surface area contributed by atoms with Crippen LogP contribution in [-0.2, 0) is 13.5 Å². The number of nitrogens with zero attached hydrogens (tertiary/aromatic N) is 5. The van der Waals surface area contributed by atoms with Gasteiger partial charge in [0.1, 0.15) is 4.88 Å². The lowest BCUT2D eigenvalue weighted by molar-refractivity contribution is 0.0737. The molecule has 0 aliphatic carbocycles. The van der Waals surface area contributed by atoms with Gasteiger partial charge in [-0.05, 0) is 37.7 Å². The molecule has 1 aliphatic heterocycles. The molecule has 3 rings (SSSR count). The average Bonchev–Trinajstić information content (AvgIpc) is 3.23. The standard InChI is InChI=1S/C15H21N5O2S/c1-5-10-13(23-18-16-10)14(21)20-8-6-7-11(20)12-9(2)17-19(3)15(12)22-4/h11H,5-8H2,1-4H3/t11-/m0/s1. The maximum Gasteiger partial charge on any atom is 0.268 e. The number of carbonyl (C=O) groups excluding carboxylic acids is 1. The van der Waals surface area contributed by atoms with E-state index in [0.717, 1.165) is 42.2 Å². The molecule has 1 aliphatic rings. The summed E-state index contributed by atoms with van der Waals surface area (Å²) in [5.41, 5.74) is 2.70. The third-order valence-electron chi connectivity index (χ3n) is 4.34. The first kappa shape index (κ1) is 15.9. The predicted octanol–water partition coefficient (Wildman–Crippen LogP) is 2.13. The Morgan fingerprint density at radius 1 is 1.48 bits per heavy atom. The molecule has 23 heavy (non-hydrogen) atoms. The number of ether oxygens (including phenoxy) is 1. The van der Waals surface area contributed by atoms with Crippen molar-refractivity contribution in [2.75, 3.05) is 13.7 Å². The number of amides is 1. The van der Waals surface area contributed by atoms with E-state index in [9.17, 15) is 4.79 Å². The minimum absolute atomic E-state index is 0.00189. The Bertz CT molecular complexity index is 724. The smallest absolute Gasteiger partial charge is 0.268 e. The van der Waals surface area contributed by atoms with Crippen LogP contribution in [0.1, 0.15) is 52.4 Å². The van der Waals surface area contributed by atoms with Gasteiger partial charge in [0.05, 0.1) is 30.1 Å². The fourth-order valence-corrected chi connectivity index (χ4v) is 4.03. The lowest BCUT2D eigenvalue weighted by atomic mass is 10.0. The summed E-state index contributed by atoms with van der Waals surface area (Å²) in [6, 6.07) is -0.00189. The lowest BCUT2D eigenvalue weighted by Gasteiger charge is -2.24. The Morgan fingerprint density at radius 3 is 2.96 bits per heavy atom. The SMILES string of the molecule is CCc1nnsc1C(=O)N1CCC[C@H]1c1c(C)nn(C)c1OC. The highest BCUT2D eigenvalue weighted by Gasteiger charge is 2.36. The van der Waals surface area contributed by atoms with Crippen molar-refractivity contribution in [1.82, 2.24) is 24.3 Å². The second-order valence-electron chi connectivity index (χ2n) is 5.69. The van der Waals surface area contributed by atoms with Crippen LogP contribution >= 0.6 is 11.5 Å². The van der Waals surface area contributed by atoms with Gasteiger partial charge in [0, 0.05) is 13.6 Å². The highest BCUT2D eigenvalue weighted by molar-refractivity contribution is 7.08. The third kappa shape index (κ3) is 2.60. The number of hydrogen-bond acceptors (Lipinski definition) is 6. The number of methoxy groups -OCH3 is 1. The molecule has 0 bridgehead atoms. The first-order valence-electron chi connectivity index (χ1n) is 7.78. The van der Waals surface area contributed by atoms with E-state index in [-0.39, 0.29) is 11.9 Å². The molecule has 3 heterocycles. The summed E-state index contributed by atoms with van der Waals surface area (Å²) in [6.07, 6.45) is 2.61. The van der Waals surface area contributed by atoms with Crippen LogP contribution in [0.25, 0.3) is 0 Å². The van der Waals surface area contributed by atoms with E-state index in [0.29, 0.717) is 11.3 Å². The molecule has 7 nitrogen and oxygen atoms in total. The Morgan fingerprint density at radius 2 is 2.26 bits per heavy atom. The van der Waals surface area contributed by atoms with Gasteiger partial charge < -0.3 is 9.64 Å². The molecule has 1 fully saturated rings. The van der Waals surface area contributed by atoms with Crippen molar-refractivity contribution in [1.29, 1.82) is 0 Å². The Kier molecular flexibility index (Phi) is 4.34. The summed E-state index contributed by atoms with van der Waals surface area (Å²) in [4.78, 5) is 15.5. The molecule has 0 aromatic carbocycles. The third-order valence-corrected chi connectivity index (χ3v) is 5.10. The molecule has 0 radical (unpaired) electrons. The van der Waals surface area contributed by atoms with Crippen LogP contribution < -0.4 is 4.74 Å². The van der Waals surface area contributed by atoms with Gasteiger partial charge in [-0.25, -0.2) is 4.68 Å². The largest absolute Gasteiger partial charge is 0.481 e. The zero-order valence-corrected chi connectivity index (χ0v) is 14.7. The summed E-state index contributed by atoms with van der Waals surface area (Å²) in [7, 11) is 3.50. The van der Waals surface area contributed by atoms with Crippen LogP contribution in [0.3, 0.4) is 0 Å². The fraction of sp³-hybridized carbons (Fsp3) is 0.600. The van der Waals surface area contributed by atoms with Crippen molar-refractivity contribution in [3.8, 4) is 5.88 Å². The minimum atomic E-state index is -0.00189. The molecular weight excluding hydrogens is 314 g/mol. The van der Waals surface area contributed by atoms with Crippen LogP contribution in [0.15, 0.2) is 0 Å². The summed E-state index contributed by atoms with van der Waals surface area (Å²) in [5.74, 6) is 0.745. The lowest BCUT2D eigenvalue weighted by Crippen LogP contribution is -2.31. The molecule has 0 unspecified atom stereocenters. The van der Waals surface area contributed by atoms with E-state index in [1.165, 1.54) is 11.5 Å². The van der Waals surface area contributed by atoms with Crippen molar-refractivity contribution in [3.63, 3.8) is 0 Å². The summed E-state index contributed by atoms with van der Waals surface area (Å²) < 4.78 is 11.2. The normalized spacial score (nSPS) is 17.7. The number of likely N-dealkylation sites (tertiary alicyclic amines) is 1. The first-order valence-corrected chi connectivity index (χ1v) is 8.55. The molecular formula is C15H21N5O2S. The van der Waals surface area contributed by atoms with Crippen LogP contribution in [0.4, 0.5) is 0 Å². The van der Waals surface area contributed by atoms with Gasteiger partial charge in [0.15, 0.2) is 0 Å². The summed E-state index contributed by atoms with van der Waals surface area (Å²) in [6.45, 7) is 4.69. The highest BCUT2D eigenvalue weighted by Crippen LogP contribution is 2.39. The fourth-order valence-electron chi connectivity index (χ4n) is 3.32. The second-order valence-corrected chi connectivity index (χ2v) is 6.44. The number of hydrogen-bond donors (Lipinski definition) is 0. The van der Waals surface area contributed by atoms with Gasteiger partial charge in [-0.1, -0.05) is 11.4 Å². The van der Waals surface area contributed by atoms with Crippen LogP contribution in [0.5, 0.6) is 5.88 Å². The maximum absolute atomic E-state index is 13.0. The molecule has 124 valence electrons. The summed E-state index contributed by atoms with van der Waals surface area (Å²) in [5, 5.41) is 8.51. The Labute approximate surface area is 139 Å². The van der Waals surface area contributed by atoms with Crippen LogP contribution in [-0.4, -0.2) is 43.8 Å². The summed E-state index contributed by atoms with van der Waals surface area (Å²) >= 11 is 1.18. The highest BCUT2D eigenvalue weighted by atomic mass is 32.1. The van der Waals surface area contributed by atoms with Crippen molar-refractivity contribution >= 4 is 17.4 Å². The van der Waals surface area contributed by atoms with Crippen molar-refractivity contribution in [3.05, 3.63) is 21.8 Å². The van der Waals surface area contributed by atoms with E-state index in [4.69, 9.17) is 4.74 Å². The molecule has 1 saturated heterocycles. The maximum atomic E-state index is 13.0. The molecule has 0 spiro atoms. The second kappa shape index (κ2) is 6.27. The van der Waals surface area contributed by atoms with Gasteiger partial charge in [-0.2, -0.15) is 5.10 Å². The number of aromatic nitrogens is 4. The average molecular weight is 335 g/mol. The molecule has 1 amide bonds. The van der Waals surface area contributed by atoms with Gasteiger partial charge in [0.2, 0.25) is 5.88 Å². The van der Waals surface area contributed by atoms with E-state index in [2.05, 4.69) is 14.7 Å². The van der Waals surface area contributed by atoms with Crippen LogP contribution in [0, 0.1) is 6.92 Å². The zero-order valence-electron chi connectivity index (χ0n) is 13.9. The van der Waals surface area contributed by atoms with E-state index in [1.54, 1.807) is 11.8 Å². The molecule has 8 heteroatoms. The van der Waals surface area contributed by atoms with Crippen molar-refractivity contribution < 1.29 is 9.53 Å². The quantitative estimate of drug-likeness (QED) is 0.856. The van der Waals surface area contributed by atoms with Crippen molar-refractivity contribution in [2.24, 2.45) is 7.05 Å². The topological polar surface area (TPSA) is 73.1 Å².